The monoisotopic (exact) mass is 379 g/mol. The highest BCUT2D eigenvalue weighted by Gasteiger charge is 2.61. The van der Waals surface area contributed by atoms with Crippen LogP contribution in [0.15, 0.2) is 24.3 Å². The van der Waals surface area contributed by atoms with Gasteiger partial charge in [0.2, 0.25) is 5.91 Å². The Balaban J connectivity index is 1.27. The molecule has 1 N–H and O–H groups in total. The number of H-pyrrole nitrogens is 1. The molecule has 1 aromatic carbocycles. The van der Waals surface area contributed by atoms with Crippen molar-refractivity contribution < 1.29 is 9.18 Å². The Morgan fingerprint density at radius 3 is 2.89 bits per heavy atom. The lowest BCUT2D eigenvalue weighted by Gasteiger charge is -2.28. The molecule has 0 bridgehead atoms. The Bertz CT molecular complexity index is 1100. The summed E-state index contributed by atoms with van der Waals surface area (Å²) in [4.78, 5) is 22.7. The van der Waals surface area contributed by atoms with Gasteiger partial charge < -0.3 is 9.88 Å². The Hall–Kier alpha value is -2.70. The highest BCUT2D eigenvalue weighted by atomic mass is 19.1. The third kappa shape index (κ3) is 2.41. The molecule has 1 atom stereocenters. The van der Waals surface area contributed by atoms with Crippen molar-refractivity contribution in [3.8, 4) is 11.5 Å². The standard InChI is InChI=1S/C21H22FN5O/c22-13-3-4-16-17(9-13)24-19(23-16)18-10-14-12-26(7-2-8-27(14)25-18)20(28)15-11-21(15)5-1-6-21/h3-4,9-10,15H,1-2,5-8,11-12H2,(H,23,24)/t15-/m0/s1. The van der Waals surface area contributed by atoms with E-state index in [4.69, 9.17) is 5.10 Å². The number of carbonyl (C=O) groups is 1. The van der Waals surface area contributed by atoms with Crippen molar-refractivity contribution >= 4 is 16.9 Å². The van der Waals surface area contributed by atoms with Gasteiger partial charge in [-0.25, -0.2) is 9.37 Å². The fourth-order valence-corrected chi connectivity index (χ4v) is 4.97. The molecule has 1 amide bonds. The zero-order chi connectivity index (χ0) is 18.9. The number of carbonyl (C=O) groups excluding carboxylic acids is 1. The van der Waals surface area contributed by atoms with Crippen LogP contribution in [0.5, 0.6) is 0 Å². The SMILES string of the molecule is O=C([C@@H]1CC12CCC2)N1CCCn2nc(-c3nc4ccc(F)cc4[nH]3)cc2C1. The molecule has 0 unspecified atom stereocenters. The Labute approximate surface area is 161 Å². The molecular formula is C21H22FN5O. The number of aromatic nitrogens is 4. The first-order valence-electron chi connectivity index (χ1n) is 10.1. The predicted molar refractivity (Wildman–Crippen MR) is 102 cm³/mol. The smallest absolute Gasteiger partial charge is 0.226 e. The summed E-state index contributed by atoms with van der Waals surface area (Å²) < 4.78 is 15.4. The molecule has 0 saturated heterocycles. The summed E-state index contributed by atoms with van der Waals surface area (Å²) in [5.74, 6) is 0.923. The van der Waals surface area contributed by atoms with Crippen LogP contribution in [-0.4, -0.2) is 37.1 Å². The third-order valence-electron chi connectivity index (χ3n) is 6.85. The van der Waals surface area contributed by atoms with E-state index in [-0.39, 0.29) is 11.7 Å². The number of nitrogens with one attached hydrogen (secondary N) is 1. The van der Waals surface area contributed by atoms with Gasteiger partial charge in [-0.05, 0) is 55.4 Å². The maximum Gasteiger partial charge on any atom is 0.226 e. The molecule has 2 fully saturated rings. The van der Waals surface area contributed by atoms with Gasteiger partial charge in [0.15, 0.2) is 5.82 Å². The molecule has 2 saturated carbocycles. The number of aryl methyl sites for hydroxylation is 1. The van der Waals surface area contributed by atoms with E-state index in [9.17, 15) is 9.18 Å². The van der Waals surface area contributed by atoms with Crippen LogP contribution in [0, 0.1) is 17.2 Å². The summed E-state index contributed by atoms with van der Waals surface area (Å²) in [6, 6.07) is 6.52. The van der Waals surface area contributed by atoms with Crippen molar-refractivity contribution in [2.24, 2.45) is 11.3 Å². The molecule has 28 heavy (non-hydrogen) atoms. The van der Waals surface area contributed by atoms with Crippen molar-refractivity contribution in [3.05, 3.63) is 35.8 Å². The number of nitrogens with zero attached hydrogens (tertiary/aromatic N) is 4. The molecule has 2 aromatic heterocycles. The zero-order valence-electron chi connectivity index (χ0n) is 15.6. The lowest BCUT2D eigenvalue weighted by molar-refractivity contribution is -0.134. The normalized spacial score (nSPS) is 22.8. The molecule has 2 aliphatic carbocycles. The third-order valence-corrected chi connectivity index (χ3v) is 6.85. The van der Waals surface area contributed by atoms with E-state index in [2.05, 4.69) is 9.97 Å². The summed E-state index contributed by atoms with van der Waals surface area (Å²) in [6.07, 6.45) is 5.73. The summed E-state index contributed by atoms with van der Waals surface area (Å²) in [7, 11) is 0. The number of rotatable bonds is 2. The lowest BCUT2D eigenvalue weighted by atomic mass is 9.79. The molecule has 1 spiro atoms. The molecule has 1 aliphatic heterocycles. The second kappa shape index (κ2) is 5.65. The average Bonchev–Trinajstić information content (AvgIpc) is 3.20. The number of halogens is 1. The Kier molecular flexibility index (Phi) is 3.29. The number of fused-ring (bicyclic) bond motifs is 2. The predicted octanol–water partition coefficient (Wildman–Crippen LogP) is 3.49. The van der Waals surface area contributed by atoms with Gasteiger partial charge in [-0.15, -0.1) is 0 Å². The zero-order valence-corrected chi connectivity index (χ0v) is 15.6. The summed E-state index contributed by atoms with van der Waals surface area (Å²) in [5.41, 5.74) is 3.52. The molecule has 7 heteroatoms. The molecule has 3 heterocycles. The van der Waals surface area contributed by atoms with Crippen LogP contribution in [0.3, 0.4) is 0 Å². The van der Waals surface area contributed by atoms with Crippen LogP contribution in [-0.2, 0) is 17.9 Å². The lowest BCUT2D eigenvalue weighted by Crippen LogP contribution is -2.34. The minimum absolute atomic E-state index is 0.250. The van der Waals surface area contributed by atoms with Crippen LogP contribution < -0.4 is 0 Å². The highest BCUT2D eigenvalue weighted by molar-refractivity contribution is 5.83. The Morgan fingerprint density at radius 1 is 1.21 bits per heavy atom. The number of aromatic amines is 1. The summed E-state index contributed by atoms with van der Waals surface area (Å²) in [5, 5.41) is 4.70. The Morgan fingerprint density at radius 2 is 2.11 bits per heavy atom. The maximum atomic E-state index is 13.4. The minimum atomic E-state index is -0.290. The molecular weight excluding hydrogens is 357 g/mol. The van der Waals surface area contributed by atoms with E-state index >= 15 is 0 Å². The number of amides is 1. The fraction of sp³-hybridized carbons (Fsp3) is 0.476. The maximum absolute atomic E-state index is 13.4. The van der Waals surface area contributed by atoms with Gasteiger partial charge in [0.25, 0.3) is 0 Å². The number of hydrogen-bond acceptors (Lipinski definition) is 3. The van der Waals surface area contributed by atoms with Gasteiger partial charge in [0, 0.05) is 19.0 Å². The van der Waals surface area contributed by atoms with Crippen LogP contribution in [0.4, 0.5) is 4.39 Å². The van der Waals surface area contributed by atoms with Gasteiger partial charge in [-0.1, -0.05) is 6.42 Å². The first-order valence-corrected chi connectivity index (χ1v) is 10.1. The highest BCUT2D eigenvalue weighted by Crippen LogP contribution is 2.66. The van der Waals surface area contributed by atoms with Crippen molar-refractivity contribution in [1.82, 2.24) is 24.6 Å². The van der Waals surface area contributed by atoms with E-state index in [0.717, 1.165) is 42.8 Å². The van der Waals surface area contributed by atoms with Crippen LogP contribution in [0.25, 0.3) is 22.6 Å². The van der Waals surface area contributed by atoms with E-state index in [1.54, 1.807) is 6.07 Å². The average molecular weight is 379 g/mol. The topological polar surface area (TPSA) is 66.8 Å². The number of benzene rings is 1. The molecule has 3 aromatic rings. The fourth-order valence-electron chi connectivity index (χ4n) is 4.97. The van der Waals surface area contributed by atoms with Crippen molar-refractivity contribution in [3.63, 3.8) is 0 Å². The van der Waals surface area contributed by atoms with E-state index in [0.29, 0.717) is 29.2 Å². The van der Waals surface area contributed by atoms with Gasteiger partial charge >= 0.3 is 0 Å². The summed E-state index contributed by atoms with van der Waals surface area (Å²) in [6.45, 7) is 2.20. The minimum Gasteiger partial charge on any atom is -0.336 e. The van der Waals surface area contributed by atoms with E-state index in [1.807, 2.05) is 15.6 Å². The molecule has 0 radical (unpaired) electrons. The van der Waals surface area contributed by atoms with Gasteiger partial charge in [0.05, 0.1) is 23.3 Å². The second-order valence-corrected chi connectivity index (χ2v) is 8.58. The second-order valence-electron chi connectivity index (χ2n) is 8.58. The molecule has 6 nitrogen and oxygen atoms in total. The van der Waals surface area contributed by atoms with E-state index < -0.39 is 0 Å². The van der Waals surface area contributed by atoms with Gasteiger partial charge in [-0.3, -0.25) is 9.48 Å². The quantitative estimate of drug-likeness (QED) is 0.741. The number of hydrogen-bond donors (Lipinski definition) is 1. The van der Waals surface area contributed by atoms with Crippen molar-refractivity contribution in [1.29, 1.82) is 0 Å². The largest absolute Gasteiger partial charge is 0.336 e. The van der Waals surface area contributed by atoms with Crippen LogP contribution in [0.1, 0.15) is 37.8 Å². The van der Waals surface area contributed by atoms with Gasteiger partial charge in [0.1, 0.15) is 11.5 Å². The molecule has 3 aliphatic rings. The first kappa shape index (κ1) is 16.3. The van der Waals surface area contributed by atoms with Gasteiger partial charge in [-0.2, -0.15) is 5.10 Å². The molecule has 6 rings (SSSR count). The molecule has 144 valence electrons. The van der Waals surface area contributed by atoms with Crippen LogP contribution >= 0.6 is 0 Å². The van der Waals surface area contributed by atoms with Crippen molar-refractivity contribution in [2.45, 2.75) is 45.2 Å². The first-order chi connectivity index (χ1) is 13.6. The summed E-state index contributed by atoms with van der Waals surface area (Å²) >= 11 is 0. The van der Waals surface area contributed by atoms with E-state index in [1.165, 1.54) is 31.4 Å². The number of imidazole rings is 1. The van der Waals surface area contributed by atoms with Crippen LogP contribution in [0.2, 0.25) is 0 Å². The van der Waals surface area contributed by atoms with Crippen molar-refractivity contribution in [2.75, 3.05) is 6.54 Å².